The number of pyridine rings is 2. The summed E-state index contributed by atoms with van der Waals surface area (Å²) in [4.78, 5) is 22.2. The molecular formula is C28H29FN6O. The average molecular weight is 485 g/mol. The highest BCUT2D eigenvalue weighted by Gasteiger charge is 2.46. The van der Waals surface area contributed by atoms with Gasteiger partial charge in [-0.05, 0) is 74.9 Å². The smallest absolute Gasteiger partial charge is 0.276 e. The van der Waals surface area contributed by atoms with Crippen molar-refractivity contribution in [1.29, 1.82) is 0 Å². The average Bonchev–Trinajstić information content (AvgIpc) is 3.79. The lowest BCUT2D eigenvalue weighted by molar-refractivity contribution is 0.214. The minimum atomic E-state index is -1.59. The fourth-order valence-corrected chi connectivity index (χ4v) is 5.58. The predicted octanol–water partition coefficient (Wildman–Crippen LogP) is 5.00. The summed E-state index contributed by atoms with van der Waals surface area (Å²) in [5.41, 5.74) is 4.25. The summed E-state index contributed by atoms with van der Waals surface area (Å²) in [5, 5.41) is 7.56. The van der Waals surface area contributed by atoms with Crippen LogP contribution in [0.4, 0.5) is 15.9 Å². The third kappa shape index (κ3) is 3.46. The normalized spacial score (nSPS) is 18.4. The molecule has 1 spiro atoms. The summed E-state index contributed by atoms with van der Waals surface area (Å²) in [5.74, 6) is 0.661. The van der Waals surface area contributed by atoms with Gasteiger partial charge in [0.25, 0.3) is 5.56 Å². The molecule has 7 nitrogen and oxygen atoms in total. The number of anilines is 2. The largest absolute Gasteiger partial charge is 0.340 e. The fraction of sp³-hybridized carbons (Fsp3) is 0.393. The van der Waals surface area contributed by atoms with Crippen molar-refractivity contribution < 1.29 is 4.39 Å². The first-order valence-electron chi connectivity index (χ1n) is 12.7. The van der Waals surface area contributed by atoms with Gasteiger partial charge in [0.2, 0.25) is 0 Å². The van der Waals surface area contributed by atoms with Gasteiger partial charge in [-0.3, -0.25) is 9.78 Å². The minimum absolute atomic E-state index is 0.0704. The van der Waals surface area contributed by atoms with Crippen LogP contribution >= 0.6 is 0 Å². The molecule has 2 fully saturated rings. The Labute approximate surface area is 208 Å². The maximum absolute atomic E-state index is 14.7. The molecule has 1 aromatic carbocycles. The first-order valence-corrected chi connectivity index (χ1v) is 12.7. The Kier molecular flexibility index (Phi) is 4.52. The van der Waals surface area contributed by atoms with Crippen LogP contribution in [-0.2, 0) is 17.6 Å². The van der Waals surface area contributed by atoms with Crippen molar-refractivity contribution in [3.8, 4) is 5.69 Å². The quantitative estimate of drug-likeness (QED) is 0.417. The van der Waals surface area contributed by atoms with Crippen LogP contribution in [-0.4, -0.2) is 25.9 Å². The van der Waals surface area contributed by atoms with Crippen molar-refractivity contribution >= 4 is 22.4 Å². The van der Waals surface area contributed by atoms with Gasteiger partial charge in [0, 0.05) is 42.7 Å². The minimum Gasteiger partial charge on any atom is -0.340 e. The van der Waals surface area contributed by atoms with Crippen LogP contribution in [0.25, 0.3) is 16.6 Å². The molecule has 0 unspecified atom stereocenters. The van der Waals surface area contributed by atoms with Crippen LogP contribution in [0, 0.1) is 0 Å². The summed E-state index contributed by atoms with van der Waals surface area (Å²) in [6.07, 6.45) is 7.66. The lowest BCUT2D eigenvalue weighted by atomic mass is 9.88. The molecule has 7 rings (SSSR count). The van der Waals surface area contributed by atoms with Gasteiger partial charge in [-0.15, -0.1) is 0 Å². The molecule has 2 saturated carbocycles. The van der Waals surface area contributed by atoms with E-state index in [1.807, 2.05) is 16.8 Å². The molecule has 8 heteroatoms. The molecule has 0 atom stereocenters. The van der Waals surface area contributed by atoms with E-state index in [1.165, 1.54) is 37.8 Å². The van der Waals surface area contributed by atoms with Crippen molar-refractivity contribution in [2.45, 2.75) is 63.2 Å². The zero-order valence-electron chi connectivity index (χ0n) is 20.5. The number of nitrogens with zero attached hydrogens (tertiary/aromatic N) is 4. The number of halogens is 1. The third-order valence-corrected chi connectivity index (χ3v) is 7.84. The number of fused-ring (bicyclic) bond motifs is 3. The van der Waals surface area contributed by atoms with Crippen molar-refractivity contribution in [1.82, 2.24) is 24.6 Å². The topological polar surface area (TPSA) is 76.8 Å². The standard InChI is InChI=1S/C28H29FN6O/c1-27(2,29)24-12-20(7-10-31-24)34-23-13-25(32-15-21(23)26(36)35(34)19-4-5-19)33-18-3-6-22-17(11-18)14-30-16-28(22)8-9-28/h3,6-7,10-13,15,19,30H,4-5,8-9,14,16H2,1-2H3,(H,32,33). The molecule has 4 heterocycles. The SMILES string of the molecule is CC(C)(F)c1cc(-n2c3cc(Nc4ccc5c(c4)CNCC54CC4)ncc3c(=O)n2C2CC2)ccn1. The molecule has 3 aromatic heterocycles. The molecule has 0 bridgehead atoms. The molecule has 0 amide bonds. The van der Waals surface area contributed by atoms with Crippen molar-refractivity contribution in [2.24, 2.45) is 0 Å². The Hall–Kier alpha value is -3.52. The van der Waals surface area contributed by atoms with Crippen LogP contribution in [0.15, 0.2) is 53.6 Å². The van der Waals surface area contributed by atoms with Crippen molar-refractivity contribution in [3.63, 3.8) is 0 Å². The molecule has 184 valence electrons. The second kappa shape index (κ2) is 7.49. The van der Waals surface area contributed by atoms with E-state index in [2.05, 4.69) is 38.8 Å². The summed E-state index contributed by atoms with van der Waals surface area (Å²) >= 11 is 0. The number of aromatic nitrogens is 4. The highest BCUT2D eigenvalue weighted by atomic mass is 19.1. The van der Waals surface area contributed by atoms with Gasteiger partial charge < -0.3 is 10.6 Å². The van der Waals surface area contributed by atoms with Gasteiger partial charge >= 0.3 is 0 Å². The maximum Gasteiger partial charge on any atom is 0.276 e. The highest BCUT2D eigenvalue weighted by molar-refractivity contribution is 5.83. The van der Waals surface area contributed by atoms with E-state index in [4.69, 9.17) is 0 Å². The Morgan fingerprint density at radius 1 is 1.14 bits per heavy atom. The van der Waals surface area contributed by atoms with Crippen LogP contribution < -0.4 is 16.2 Å². The maximum atomic E-state index is 14.7. The van der Waals surface area contributed by atoms with Crippen LogP contribution in [0.5, 0.6) is 0 Å². The Balaban J connectivity index is 1.32. The lowest BCUT2D eigenvalue weighted by Crippen LogP contribution is -2.33. The number of hydrogen-bond donors (Lipinski definition) is 2. The molecule has 2 aliphatic carbocycles. The van der Waals surface area contributed by atoms with E-state index in [9.17, 15) is 9.18 Å². The zero-order chi connectivity index (χ0) is 24.7. The van der Waals surface area contributed by atoms with Gasteiger partial charge in [0.05, 0.1) is 28.3 Å². The van der Waals surface area contributed by atoms with E-state index in [1.54, 1.807) is 23.1 Å². The molecule has 0 radical (unpaired) electrons. The number of rotatable bonds is 5. The van der Waals surface area contributed by atoms with Gasteiger partial charge in [-0.1, -0.05) is 6.07 Å². The van der Waals surface area contributed by atoms with Crippen LogP contribution in [0.3, 0.4) is 0 Å². The number of nitrogens with one attached hydrogen (secondary N) is 2. The Bertz CT molecular complexity index is 1570. The number of hydrogen-bond acceptors (Lipinski definition) is 5. The van der Waals surface area contributed by atoms with E-state index in [0.29, 0.717) is 22.3 Å². The number of benzene rings is 1. The molecule has 36 heavy (non-hydrogen) atoms. The Morgan fingerprint density at radius 3 is 2.72 bits per heavy atom. The van der Waals surface area contributed by atoms with E-state index in [-0.39, 0.29) is 11.6 Å². The van der Waals surface area contributed by atoms with Gasteiger partial charge in [0.1, 0.15) is 11.5 Å². The van der Waals surface area contributed by atoms with Gasteiger partial charge in [-0.2, -0.15) is 0 Å². The van der Waals surface area contributed by atoms with Gasteiger partial charge in [-0.25, -0.2) is 18.7 Å². The third-order valence-electron chi connectivity index (χ3n) is 7.84. The van der Waals surface area contributed by atoms with E-state index < -0.39 is 5.67 Å². The summed E-state index contributed by atoms with van der Waals surface area (Å²) < 4.78 is 18.4. The van der Waals surface area contributed by atoms with E-state index in [0.717, 1.165) is 42.8 Å². The van der Waals surface area contributed by atoms with Crippen molar-refractivity contribution in [2.75, 3.05) is 11.9 Å². The Morgan fingerprint density at radius 2 is 1.97 bits per heavy atom. The molecule has 2 N–H and O–H groups in total. The molecule has 4 aromatic rings. The summed E-state index contributed by atoms with van der Waals surface area (Å²) in [6.45, 7) is 4.92. The highest BCUT2D eigenvalue weighted by Crippen LogP contribution is 2.50. The summed E-state index contributed by atoms with van der Waals surface area (Å²) in [7, 11) is 0. The van der Waals surface area contributed by atoms with Crippen LogP contribution in [0.1, 0.15) is 62.4 Å². The predicted molar refractivity (Wildman–Crippen MR) is 138 cm³/mol. The molecular weight excluding hydrogens is 455 g/mol. The van der Waals surface area contributed by atoms with Crippen LogP contribution in [0.2, 0.25) is 0 Å². The zero-order valence-corrected chi connectivity index (χ0v) is 20.5. The molecule has 0 saturated heterocycles. The molecule has 1 aliphatic heterocycles. The monoisotopic (exact) mass is 484 g/mol. The van der Waals surface area contributed by atoms with Gasteiger partial charge in [0.15, 0.2) is 0 Å². The second-order valence-corrected chi connectivity index (χ2v) is 11.0. The molecule has 3 aliphatic rings. The lowest BCUT2D eigenvalue weighted by Gasteiger charge is -2.26. The fourth-order valence-electron chi connectivity index (χ4n) is 5.58. The number of alkyl halides is 1. The van der Waals surface area contributed by atoms with E-state index >= 15 is 0 Å². The first-order chi connectivity index (χ1) is 17.3. The summed E-state index contributed by atoms with van der Waals surface area (Å²) in [6, 6.07) is 12.2. The first kappa shape index (κ1) is 21.7. The van der Waals surface area contributed by atoms with Crippen molar-refractivity contribution in [3.05, 3.63) is 76.0 Å². The second-order valence-electron chi connectivity index (χ2n) is 11.0.